The van der Waals surface area contributed by atoms with E-state index in [1.807, 2.05) is 25.1 Å². The highest BCUT2D eigenvalue weighted by Gasteiger charge is 2.02. The minimum Gasteiger partial charge on any atom is -0.370 e. The normalized spacial score (nSPS) is 11.1. The van der Waals surface area contributed by atoms with E-state index in [2.05, 4.69) is 34.3 Å². The predicted molar refractivity (Wildman–Crippen MR) is 105 cm³/mol. The van der Waals surface area contributed by atoms with Gasteiger partial charge in [0.25, 0.3) is 0 Å². The van der Waals surface area contributed by atoms with Gasteiger partial charge in [0.05, 0.1) is 10.7 Å². The van der Waals surface area contributed by atoms with Gasteiger partial charge in [0.15, 0.2) is 5.96 Å². The maximum atomic E-state index is 5.86. The summed E-state index contributed by atoms with van der Waals surface area (Å²) in [4.78, 5) is 10.1. The molecule has 0 amide bonds. The van der Waals surface area contributed by atoms with Crippen molar-refractivity contribution in [3.8, 4) is 0 Å². The largest absolute Gasteiger partial charge is 0.370 e. The average Bonchev–Trinajstić information content (AvgIpc) is 2.79. The summed E-state index contributed by atoms with van der Waals surface area (Å²) in [6.07, 6.45) is 1.79. The Labute approximate surface area is 153 Å². The van der Waals surface area contributed by atoms with Gasteiger partial charge in [0.1, 0.15) is 0 Å². The topological polar surface area (TPSA) is 63.3 Å². The fourth-order valence-electron chi connectivity index (χ4n) is 1.95. The van der Waals surface area contributed by atoms with Crippen LogP contribution in [0.4, 0.5) is 0 Å². The third-order valence-corrected chi connectivity index (χ3v) is 4.38. The molecule has 0 radical (unpaired) electrons. The Balaban J connectivity index is 0.00000242. The summed E-state index contributed by atoms with van der Waals surface area (Å²) >= 11 is 1.74. The molecule has 0 atom stereocenters. The average molecular weight is 430 g/mol. The first-order valence-electron chi connectivity index (χ1n) is 7.16. The van der Waals surface area contributed by atoms with Crippen molar-refractivity contribution in [3.05, 3.63) is 51.5 Å². The van der Waals surface area contributed by atoms with Crippen LogP contribution in [0.1, 0.15) is 21.1 Å². The fourth-order valence-corrected chi connectivity index (χ4v) is 2.88. The zero-order valence-electron chi connectivity index (χ0n) is 13.0. The molecule has 2 aromatic rings. The third-order valence-electron chi connectivity index (χ3n) is 3.24. The molecule has 0 aliphatic carbocycles. The molecule has 120 valence electrons. The van der Waals surface area contributed by atoms with Crippen molar-refractivity contribution in [2.45, 2.75) is 26.7 Å². The van der Waals surface area contributed by atoms with Crippen LogP contribution in [0.25, 0.3) is 0 Å². The number of aliphatic imine (C=N–C) groups is 1. The minimum absolute atomic E-state index is 0. The Bertz CT molecular complexity index is 576. The van der Waals surface area contributed by atoms with Crippen molar-refractivity contribution in [3.63, 3.8) is 0 Å². The van der Waals surface area contributed by atoms with Gasteiger partial charge in [0, 0.05) is 24.4 Å². The number of nitrogens with one attached hydrogen (secondary N) is 1. The van der Waals surface area contributed by atoms with Crippen LogP contribution in [0.2, 0.25) is 0 Å². The van der Waals surface area contributed by atoms with E-state index in [0.717, 1.165) is 30.1 Å². The summed E-state index contributed by atoms with van der Waals surface area (Å²) in [6, 6.07) is 10.3. The molecular formula is C16H23IN4S. The number of hydrogen-bond acceptors (Lipinski definition) is 3. The van der Waals surface area contributed by atoms with Crippen LogP contribution in [0.3, 0.4) is 0 Å². The second-order valence-electron chi connectivity index (χ2n) is 4.93. The molecular weight excluding hydrogens is 407 g/mol. The Morgan fingerprint density at radius 1 is 1.23 bits per heavy atom. The van der Waals surface area contributed by atoms with E-state index in [-0.39, 0.29) is 24.0 Å². The predicted octanol–water partition coefficient (Wildman–Crippen LogP) is 3.07. The number of thiazole rings is 1. The highest BCUT2D eigenvalue weighted by molar-refractivity contribution is 14.0. The lowest BCUT2D eigenvalue weighted by atomic mass is 10.1. The maximum Gasteiger partial charge on any atom is 0.188 e. The zero-order chi connectivity index (χ0) is 15.1. The summed E-state index contributed by atoms with van der Waals surface area (Å²) in [5.74, 6) is 0.510. The van der Waals surface area contributed by atoms with Crippen molar-refractivity contribution in [1.29, 1.82) is 0 Å². The molecule has 0 saturated heterocycles. The molecule has 4 nitrogen and oxygen atoms in total. The molecule has 0 aliphatic heterocycles. The van der Waals surface area contributed by atoms with Crippen LogP contribution in [0.5, 0.6) is 0 Å². The Morgan fingerprint density at radius 2 is 1.95 bits per heavy atom. The Morgan fingerprint density at radius 3 is 2.59 bits per heavy atom. The van der Waals surface area contributed by atoms with E-state index < -0.39 is 0 Å². The van der Waals surface area contributed by atoms with Crippen molar-refractivity contribution in [2.75, 3.05) is 13.1 Å². The third kappa shape index (κ3) is 6.31. The highest BCUT2D eigenvalue weighted by Crippen LogP contribution is 2.16. The van der Waals surface area contributed by atoms with Crippen LogP contribution in [0.15, 0.2) is 35.3 Å². The SMILES string of the molecule is Cc1nc(CCN=C(N)NCCc2ccccc2)sc1C.I. The van der Waals surface area contributed by atoms with Crippen LogP contribution in [0, 0.1) is 13.8 Å². The summed E-state index contributed by atoms with van der Waals surface area (Å²) in [6.45, 7) is 5.61. The van der Waals surface area contributed by atoms with Crippen LogP contribution in [-0.4, -0.2) is 24.0 Å². The minimum atomic E-state index is 0. The summed E-state index contributed by atoms with van der Waals surface area (Å²) < 4.78 is 0. The maximum absolute atomic E-state index is 5.86. The molecule has 0 spiro atoms. The van der Waals surface area contributed by atoms with Gasteiger partial charge in [-0.05, 0) is 25.8 Å². The number of aryl methyl sites for hydroxylation is 2. The quantitative estimate of drug-likeness (QED) is 0.421. The number of nitrogens with zero attached hydrogens (tertiary/aromatic N) is 2. The van der Waals surface area contributed by atoms with Gasteiger partial charge in [-0.3, -0.25) is 4.99 Å². The highest BCUT2D eigenvalue weighted by atomic mass is 127. The van der Waals surface area contributed by atoms with Crippen LogP contribution < -0.4 is 11.1 Å². The van der Waals surface area contributed by atoms with Crippen LogP contribution in [-0.2, 0) is 12.8 Å². The van der Waals surface area contributed by atoms with E-state index in [1.165, 1.54) is 10.4 Å². The molecule has 0 aliphatic rings. The number of guanidine groups is 1. The molecule has 1 heterocycles. The lowest BCUT2D eigenvalue weighted by Gasteiger charge is -2.05. The molecule has 0 bridgehead atoms. The molecule has 6 heteroatoms. The van der Waals surface area contributed by atoms with Gasteiger partial charge in [-0.15, -0.1) is 35.3 Å². The van der Waals surface area contributed by atoms with Gasteiger partial charge < -0.3 is 11.1 Å². The molecule has 0 fully saturated rings. The second kappa shape index (κ2) is 9.78. The molecule has 2 rings (SSSR count). The summed E-state index contributed by atoms with van der Waals surface area (Å²) in [5, 5.41) is 4.28. The van der Waals surface area contributed by atoms with E-state index in [1.54, 1.807) is 11.3 Å². The van der Waals surface area contributed by atoms with E-state index >= 15 is 0 Å². The monoisotopic (exact) mass is 430 g/mol. The smallest absolute Gasteiger partial charge is 0.188 e. The summed E-state index contributed by atoms with van der Waals surface area (Å²) in [7, 11) is 0. The van der Waals surface area contributed by atoms with E-state index in [4.69, 9.17) is 5.73 Å². The summed E-state index contributed by atoms with van der Waals surface area (Å²) in [5.41, 5.74) is 8.28. The Kier molecular flexibility index (Phi) is 8.40. The van der Waals surface area contributed by atoms with E-state index in [9.17, 15) is 0 Å². The van der Waals surface area contributed by atoms with Gasteiger partial charge in [-0.25, -0.2) is 4.98 Å². The van der Waals surface area contributed by atoms with Crippen molar-refractivity contribution >= 4 is 41.3 Å². The number of rotatable bonds is 6. The number of benzene rings is 1. The molecule has 3 N–H and O–H groups in total. The van der Waals surface area contributed by atoms with Gasteiger partial charge in [-0.2, -0.15) is 0 Å². The number of halogens is 1. The molecule has 22 heavy (non-hydrogen) atoms. The lowest BCUT2D eigenvalue weighted by molar-refractivity contribution is 0.842. The molecule has 0 unspecified atom stereocenters. The van der Waals surface area contributed by atoms with Gasteiger partial charge in [0.2, 0.25) is 0 Å². The molecule has 0 saturated carbocycles. The van der Waals surface area contributed by atoms with Crippen molar-refractivity contribution in [2.24, 2.45) is 10.7 Å². The Hall–Kier alpha value is -1.15. The molecule has 1 aromatic carbocycles. The number of nitrogens with two attached hydrogens (primary N) is 1. The van der Waals surface area contributed by atoms with Crippen molar-refractivity contribution in [1.82, 2.24) is 10.3 Å². The fraction of sp³-hybridized carbons (Fsp3) is 0.375. The second-order valence-corrected chi connectivity index (χ2v) is 6.22. The first kappa shape index (κ1) is 18.9. The number of hydrogen-bond donors (Lipinski definition) is 2. The first-order chi connectivity index (χ1) is 10.1. The number of aromatic nitrogens is 1. The molecule has 1 aromatic heterocycles. The van der Waals surface area contributed by atoms with E-state index in [0.29, 0.717) is 12.5 Å². The van der Waals surface area contributed by atoms with Gasteiger partial charge in [-0.1, -0.05) is 30.3 Å². The first-order valence-corrected chi connectivity index (χ1v) is 7.97. The van der Waals surface area contributed by atoms with Gasteiger partial charge >= 0.3 is 0 Å². The zero-order valence-corrected chi connectivity index (χ0v) is 16.2. The lowest BCUT2D eigenvalue weighted by Crippen LogP contribution is -2.33. The standard InChI is InChI=1S/C16H22N4S.HI/c1-12-13(2)21-15(20-12)9-11-19-16(17)18-10-8-14-6-4-3-5-7-14;/h3-7H,8-11H2,1-2H3,(H3,17,18,19);1H. The van der Waals surface area contributed by atoms with Crippen molar-refractivity contribution < 1.29 is 0 Å². The van der Waals surface area contributed by atoms with Crippen LogP contribution >= 0.6 is 35.3 Å².